The molecule has 0 fully saturated rings. The molecule has 0 saturated carbocycles. The highest BCUT2D eigenvalue weighted by molar-refractivity contribution is 5.54. The molecule has 1 rings (SSSR count). The summed E-state index contributed by atoms with van der Waals surface area (Å²) in [5.74, 6) is 1.99. The van der Waals surface area contributed by atoms with Gasteiger partial charge < -0.3 is 19.9 Å². The van der Waals surface area contributed by atoms with Crippen molar-refractivity contribution in [1.29, 1.82) is 0 Å². The van der Waals surface area contributed by atoms with Crippen LogP contribution >= 0.6 is 0 Å². The molecule has 1 unspecified atom stereocenters. The highest BCUT2D eigenvalue weighted by Gasteiger charge is 2.06. The summed E-state index contributed by atoms with van der Waals surface area (Å²) in [7, 11) is 1.61. The Kier molecular flexibility index (Phi) is 7.11. The third-order valence-corrected chi connectivity index (χ3v) is 2.95. The summed E-state index contributed by atoms with van der Waals surface area (Å²) in [5, 5.41) is 12.2. The lowest BCUT2D eigenvalue weighted by Crippen LogP contribution is -2.11. The highest BCUT2D eigenvalue weighted by Crippen LogP contribution is 2.30. The van der Waals surface area contributed by atoms with E-state index in [0.29, 0.717) is 17.4 Å². The van der Waals surface area contributed by atoms with E-state index >= 15 is 0 Å². The number of nitrogens with one attached hydrogen (secondary N) is 1. The van der Waals surface area contributed by atoms with Crippen molar-refractivity contribution < 1.29 is 14.6 Å². The number of hydrogen-bond donors (Lipinski definition) is 2. The van der Waals surface area contributed by atoms with Gasteiger partial charge in [-0.15, -0.1) is 0 Å². The van der Waals surface area contributed by atoms with E-state index in [1.807, 2.05) is 18.2 Å². The first-order chi connectivity index (χ1) is 9.21. The van der Waals surface area contributed by atoms with Crippen LogP contribution in [0.15, 0.2) is 18.2 Å². The van der Waals surface area contributed by atoms with Crippen molar-refractivity contribution in [3.63, 3.8) is 0 Å². The van der Waals surface area contributed by atoms with Crippen molar-refractivity contribution in [2.75, 3.05) is 32.2 Å². The molecular weight excluding hydrogens is 242 g/mol. The molecule has 1 aromatic carbocycles. The van der Waals surface area contributed by atoms with Crippen molar-refractivity contribution >= 4 is 5.69 Å². The summed E-state index contributed by atoms with van der Waals surface area (Å²) >= 11 is 0. The Hall–Kier alpha value is -1.42. The number of ether oxygens (including phenoxy) is 2. The third-order valence-electron chi connectivity index (χ3n) is 2.95. The summed E-state index contributed by atoms with van der Waals surface area (Å²) in [5.41, 5.74) is 1.01. The molecule has 0 aliphatic carbocycles. The van der Waals surface area contributed by atoms with Crippen LogP contribution in [0.5, 0.6) is 11.5 Å². The molecule has 0 saturated heterocycles. The van der Waals surface area contributed by atoms with Gasteiger partial charge in [0.25, 0.3) is 0 Å². The molecular formula is C15H25NO3. The average Bonchev–Trinajstić information content (AvgIpc) is 2.43. The fourth-order valence-corrected chi connectivity index (χ4v) is 1.94. The van der Waals surface area contributed by atoms with E-state index in [4.69, 9.17) is 14.6 Å². The van der Waals surface area contributed by atoms with Gasteiger partial charge in [0.15, 0.2) is 11.5 Å². The van der Waals surface area contributed by atoms with Crippen LogP contribution in [0.1, 0.15) is 26.7 Å². The average molecular weight is 267 g/mol. The monoisotopic (exact) mass is 267 g/mol. The minimum Gasteiger partial charge on any atom is -0.493 e. The molecule has 0 aliphatic rings. The van der Waals surface area contributed by atoms with Crippen LogP contribution in [0, 0.1) is 5.92 Å². The van der Waals surface area contributed by atoms with E-state index in [1.165, 1.54) is 12.8 Å². The molecule has 0 aliphatic heterocycles. The number of benzene rings is 1. The maximum Gasteiger partial charge on any atom is 0.163 e. The lowest BCUT2D eigenvalue weighted by Gasteiger charge is -2.15. The Balaban J connectivity index is 2.63. The molecule has 0 bridgehead atoms. The molecule has 0 radical (unpaired) electrons. The van der Waals surface area contributed by atoms with E-state index in [1.54, 1.807) is 7.11 Å². The quantitative estimate of drug-likeness (QED) is 0.722. The maximum absolute atomic E-state index is 8.81. The van der Waals surface area contributed by atoms with Gasteiger partial charge in [0.1, 0.15) is 6.61 Å². The zero-order chi connectivity index (χ0) is 14.1. The molecule has 4 heteroatoms. The van der Waals surface area contributed by atoms with Crippen LogP contribution in [0.4, 0.5) is 5.69 Å². The second-order valence-corrected chi connectivity index (χ2v) is 4.71. The number of aliphatic hydroxyl groups is 1. The van der Waals surface area contributed by atoms with Crippen LogP contribution in [-0.2, 0) is 0 Å². The van der Waals surface area contributed by atoms with Gasteiger partial charge in [-0.25, -0.2) is 0 Å². The van der Waals surface area contributed by atoms with Gasteiger partial charge in [-0.1, -0.05) is 20.3 Å². The van der Waals surface area contributed by atoms with E-state index in [-0.39, 0.29) is 13.2 Å². The Morgan fingerprint density at radius 1 is 1.32 bits per heavy atom. The van der Waals surface area contributed by atoms with Crippen molar-refractivity contribution in [3.8, 4) is 11.5 Å². The predicted molar refractivity (Wildman–Crippen MR) is 78.1 cm³/mol. The summed E-state index contributed by atoms with van der Waals surface area (Å²) in [6, 6.07) is 5.76. The predicted octanol–water partition coefficient (Wildman–Crippen LogP) is 2.91. The van der Waals surface area contributed by atoms with Gasteiger partial charge in [-0.3, -0.25) is 0 Å². The Morgan fingerprint density at radius 3 is 2.74 bits per heavy atom. The molecule has 2 N–H and O–H groups in total. The lowest BCUT2D eigenvalue weighted by atomic mass is 10.1. The van der Waals surface area contributed by atoms with Gasteiger partial charge in [-0.05, 0) is 24.5 Å². The Labute approximate surface area is 115 Å². The molecule has 1 atom stereocenters. The van der Waals surface area contributed by atoms with Crippen molar-refractivity contribution in [1.82, 2.24) is 0 Å². The van der Waals surface area contributed by atoms with Crippen molar-refractivity contribution in [2.24, 2.45) is 5.92 Å². The van der Waals surface area contributed by atoms with Crippen LogP contribution in [-0.4, -0.2) is 32.0 Å². The molecule has 0 amide bonds. The number of hydrogen-bond acceptors (Lipinski definition) is 4. The highest BCUT2D eigenvalue weighted by atomic mass is 16.5. The van der Waals surface area contributed by atoms with Crippen LogP contribution in [0.25, 0.3) is 0 Å². The first-order valence-corrected chi connectivity index (χ1v) is 6.86. The molecule has 1 aromatic rings. The van der Waals surface area contributed by atoms with E-state index in [2.05, 4.69) is 19.2 Å². The van der Waals surface area contributed by atoms with E-state index in [0.717, 1.165) is 12.2 Å². The Bertz CT molecular complexity index is 368. The summed E-state index contributed by atoms with van der Waals surface area (Å²) in [4.78, 5) is 0. The number of rotatable bonds is 9. The van der Waals surface area contributed by atoms with Crippen LogP contribution in [0.3, 0.4) is 0 Å². The van der Waals surface area contributed by atoms with Gasteiger partial charge in [0, 0.05) is 18.3 Å². The number of anilines is 1. The molecule has 19 heavy (non-hydrogen) atoms. The minimum absolute atomic E-state index is 0.00561. The zero-order valence-corrected chi connectivity index (χ0v) is 12.1. The van der Waals surface area contributed by atoms with Gasteiger partial charge in [0.05, 0.1) is 13.7 Å². The molecule has 108 valence electrons. The summed E-state index contributed by atoms with van der Waals surface area (Å²) in [6.45, 7) is 5.65. The SMILES string of the molecule is CCCC(C)CNc1ccc(OC)c(OCCO)c1. The molecule has 0 heterocycles. The zero-order valence-electron chi connectivity index (χ0n) is 12.1. The van der Waals surface area contributed by atoms with Gasteiger partial charge in [-0.2, -0.15) is 0 Å². The van der Waals surface area contributed by atoms with Crippen molar-refractivity contribution in [2.45, 2.75) is 26.7 Å². The van der Waals surface area contributed by atoms with Crippen LogP contribution in [0.2, 0.25) is 0 Å². The summed E-state index contributed by atoms with van der Waals surface area (Å²) in [6.07, 6.45) is 2.42. The normalized spacial score (nSPS) is 12.0. The first-order valence-electron chi connectivity index (χ1n) is 6.86. The van der Waals surface area contributed by atoms with E-state index in [9.17, 15) is 0 Å². The fourth-order valence-electron chi connectivity index (χ4n) is 1.94. The second kappa shape index (κ2) is 8.64. The molecule has 0 spiro atoms. The topological polar surface area (TPSA) is 50.7 Å². The fraction of sp³-hybridized carbons (Fsp3) is 0.600. The molecule has 0 aromatic heterocycles. The standard InChI is InChI=1S/C15H25NO3/c1-4-5-12(2)11-16-13-6-7-14(18-3)15(10-13)19-9-8-17/h6-7,10,12,16-17H,4-5,8-9,11H2,1-3H3. The summed E-state index contributed by atoms with van der Waals surface area (Å²) < 4.78 is 10.7. The number of methoxy groups -OCH3 is 1. The third kappa shape index (κ3) is 5.39. The van der Waals surface area contributed by atoms with E-state index < -0.39 is 0 Å². The van der Waals surface area contributed by atoms with Crippen LogP contribution < -0.4 is 14.8 Å². The second-order valence-electron chi connectivity index (χ2n) is 4.71. The van der Waals surface area contributed by atoms with Crippen molar-refractivity contribution in [3.05, 3.63) is 18.2 Å². The first kappa shape index (κ1) is 15.6. The maximum atomic E-state index is 8.81. The molecule has 4 nitrogen and oxygen atoms in total. The smallest absolute Gasteiger partial charge is 0.163 e. The van der Waals surface area contributed by atoms with Gasteiger partial charge >= 0.3 is 0 Å². The van der Waals surface area contributed by atoms with Gasteiger partial charge in [0.2, 0.25) is 0 Å². The minimum atomic E-state index is -0.00561. The number of aliphatic hydroxyl groups excluding tert-OH is 1. The lowest BCUT2D eigenvalue weighted by molar-refractivity contribution is 0.196. The largest absolute Gasteiger partial charge is 0.493 e. The Morgan fingerprint density at radius 2 is 2.11 bits per heavy atom.